The number of methoxy groups -OCH3 is 1. The van der Waals surface area contributed by atoms with Crippen LogP contribution in [0.4, 0.5) is 0 Å². The number of ether oxygens (including phenoxy) is 1. The molecule has 1 atom stereocenters. The smallest absolute Gasteiger partial charge is 0.306 e. The highest BCUT2D eigenvalue weighted by Gasteiger charge is 2.28. The van der Waals surface area contributed by atoms with Gasteiger partial charge in [-0.15, -0.1) is 0 Å². The lowest BCUT2D eigenvalue weighted by atomic mass is 9.87. The van der Waals surface area contributed by atoms with Gasteiger partial charge in [-0.2, -0.15) is 0 Å². The van der Waals surface area contributed by atoms with E-state index in [9.17, 15) is 19.8 Å². The zero-order chi connectivity index (χ0) is 22.0. The van der Waals surface area contributed by atoms with Crippen molar-refractivity contribution in [2.75, 3.05) is 7.11 Å². The van der Waals surface area contributed by atoms with Crippen LogP contribution in [0.3, 0.4) is 0 Å². The van der Waals surface area contributed by atoms with Crippen molar-refractivity contribution in [1.82, 2.24) is 4.98 Å². The third kappa shape index (κ3) is 3.85. The van der Waals surface area contributed by atoms with Gasteiger partial charge in [-0.25, -0.2) is 0 Å². The van der Waals surface area contributed by atoms with Crippen LogP contribution in [0.2, 0.25) is 0 Å². The van der Waals surface area contributed by atoms with Crippen LogP contribution in [-0.2, 0) is 9.53 Å². The van der Waals surface area contributed by atoms with E-state index in [1.54, 1.807) is 48.8 Å². The van der Waals surface area contributed by atoms with Crippen LogP contribution in [0.25, 0.3) is 22.3 Å². The van der Waals surface area contributed by atoms with Crippen molar-refractivity contribution in [2.45, 2.75) is 12.3 Å². The van der Waals surface area contributed by atoms with Gasteiger partial charge in [0, 0.05) is 41.6 Å². The fourth-order valence-corrected chi connectivity index (χ4v) is 3.62. The molecule has 0 aliphatic rings. The average Bonchev–Trinajstić information content (AvgIpc) is 2.78. The number of pyridine rings is 1. The van der Waals surface area contributed by atoms with Crippen molar-refractivity contribution < 1.29 is 24.2 Å². The van der Waals surface area contributed by atoms with E-state index in [0.717, 1.165) is 6.07 Å². The predicted octanol–water partition coefficient (Wildman–Crippen LogP) is 3.96. The lowest BCUT2D eigenvalue weighted by molar-refractivity contribution is -0.140. The molecule has 0 spiro atoms. The van der Waals surface area contributed by atoms with Gasteiger partial charge in [0.15, 0.2) is 5.43 Å². The maximum absolute atomic E-state index is 12.9. The monoisotopic (exact) mass is 417 g/mol. The summed E-state index contributed by atoms with van der Waals surface area (Å²) in [4.78, 5) is 29.2. The molecule has 0 aliphatic carbocycles. The summed E-state index contributed by atoms with van der Waals surface area (Å²) in [5.41, 5.74) is 0.994. The number of fused-ring (bicyclic) bond motifs is 1. The Bertz CT molecular complexity index is 1300. The van der Waals surface area contributed by atoms with Crippen LogP contribution in [-0.4, -0.2) is 28.3 Å². The van der Waals surface area contributed by atoms with E-state index in [4.69, 9.17) is 9.15 Å². The Morgan fingerprint density at radius 1 is 1.10 bits per heavy atom. The van der Waals surface area contributed by atoms with Crippen molar-refractivity contribution >= 4 is 16.9 Å². The number of hydrogen-bond acceptors (Lipinski definition) is 7. The Morgan fingerprint density at radius 2 is 1.87 bits per heavy atom. The minimum atomic E-state index is -0.724. The lowest BCUT2D eigenvalue weighted by Gasteiger charge is -2.20. The number of rotatable bonds is 5. The number of carbonyl (C=O) groups excluding carboxylic acids is 1. The van der Waals surface area contributed by atoms with Crippen LogP contribution in [0, 0.1) is 0 Å². The predicted molar refractivity (Wildman–Crippen MR) is 114 cm³/mol. The molecular weight excluding hydrogens is 398 g/mol. The molecule has 2 aromatic heterocycles. The first-order chi connectivity index (χ1) is 15.0. The molecule has 4 aromatic rings. The molecule has 2 heterocycles. The van der Waals surface area contributed by atoms with Crippen LogP contribution in [0.1, 0.15) is 23.5 Å². The molecule has 0 aliphatic heterocycles. The van der Waals surface area contributed by atoms with Crippen molar-refractivity contribution in [3.05, 3.63) is 88.3 Å². The van der Waals surface area contributed by atoms with Gasteiger partial charge in [-0.1, -0.05) is 36.4 Å². The van der Waals surface area contributed by atoms with Gasteiger partial charge in [-0.3, -0.25) is 14.6 Å². The number of carbonyl (C=O) groups is 1. The highest BCUT2D eigenvalue weighted by molar-refractivity contribution is 5.90. The maximum Gasteiger partial charge on any atom is 0.306 e. The molecule has 0 amide bonds. The highest BCUT2D eigenvalue weighted by atomic mass is 16.5. The maximum atomic E-state index is 12.9. The lowest BCUT2D eigenvalue weighted by Crippen LogP contribution is -2.12. The van der Waals surface area contributed by atoms with E-state index in [1.165, 1.54) is 13.2 Å². The van der Waals surface area contributed by atoms with Crippen molar-refractivity contribution in [3.8, 4) is 22.8 Å². The molecular formula is C24H19NO6. The average molecular weight is 417 g/mol. The summed E-state index contributed by atoms with van der Waals surface area (Å²) in [5.74, 6) is -1.69. The molecule has 7 nitrogen and oxygen atoms in total. The van der Waals surface area contributed by atoms with E-state index >= 15 is 0 Å². The first-order valence-corrected chi connectivity index (χ1v) is 9.54. The van der Waals surface area contributed by atoms with E-state index in [2.05, 4.69) is 4.98 Å². The summed E-state index contributed by atoms with van der Waals surface area (Å²) < 4.78 is 10.9. The molecule has 0 saturated heterocycles. The van der Waals surface area contributed by atoms with E-state index in [0.29, 0.717) is 11.1 Å². The molecule has 2 N–H and O–H groups in total. The molecule has 0 fully saturated rings. The quantitative estimate of drug-likeness (QED) is 0.473. The van der Waals surface area contributed by atoms with Crippen molar-refractivity contribution in [1.29, 1.82) is 0 Å². The molecule has 0 radical (unpaired) electrons. The van der Waals surface area contributed by atoms with Crippen molar-refractivity contribution in [3.63, 3.8) is 0 Å². The topological polar surface area (TPSA) is 110 Å². The normalized spacial score (nSPS) is 11.9. The highest BCUT2D eigenvalue weighted by Crippen LogP contribution is 2.42. The number of aromatic hydroxyl groups is 2. The van der Waals surface area contributed by atoms with Crippen LogP contribution in [0.15, 0.2) is 76.2 Å². The van der Waals surface area contributed by atoms with Gasteiger partial charge in [0.2, 0.25) is 0 Å². The molecule has 1 unspecified atom stereocenters. The summed E-state index contributed by atoms with van der Waals surface area (Å²) in [7, 11) is 1.27. The van der Waals surface area contributed by atoms with Crippen molar-refractivity contribution in [2.24, 2.45) is 0 Å². The fourth-order valence-electron chi connectivity index (χ4n) is 3.62. The Labute approximate surface area is 177 Å². The molecule has 31 heavy (non-hydrogen) atoms. The summed E-state index contributed by atoms with van der Waals surface area (Å²) in [6.45, 7) is 0. The minimum absolute atomic E-state index is 0.00149. The second kappa shape index (κ2) is 8.31. The first kappa shape index (κ1) is 20.2. The summed E-state index contributed by atoms with van der Waals surface area (Å²) in [5, 5.41) is 21.1. The van der Waals surface area contributed by atoms with Crippen LogP contribution < -0.4 is 5.43 Å². The summed E-state index contributed by atoms with van der Waals surface area (Å²) in [6.07, 6.45) is 3.01. The Morgan fingerprint density at radius 3 is 2.55 bits per heavy atom. The van der Waals surface area contributed by atoms with Gasteiger partial charge in [0.25, 0.3) is 0 Å². The van der Waals surface area contributed by atoms with Gasteiger partial charge in [0.1, 0.15) is 28.2 Å². The van der Waals surface area contributed by atoms with E-state index in [1.807, 2.05) is 6.07 Å². The summed E-state index contributed by atoms with van der Waals surface area (Å²) >= 11 is 0. The van der Waals surface area contributed by atoms with Crippen LogP contribution in [0.5, 0.6) is 11.5 Å². The second-order valence-electron chi connectivity index (χ2n) is 6.99. The Kier molecular flexibility index (Phi) is 5.41. The zero-order valence-electron chi connectivity index (χ0n) is 16.6. The fraction of sp³-hybridized carbons (Fsp3) is 0.125. The second-order valence-corrected chi connectivity index (χ2v) is 6.99. The SMILES string of the molecule is COC(=O)CC(c1cccnc1)c1c(O)cc(O)c2c(=O)cc(-c3ccccc3)oc12. The number of phenols is 2. The number of nitrogens with zero attached hydrogens (tertiary/aromatic N) is 1. The molecule has 2 aromatic carbocycles. The first-order valence-electron chi connectivity index (χ1n) is 9.54. The molecule has 7 heteroatoms. The minimum Gasteiger partial charge on any atom is -0.507 e. The Hall–Kier alpha value is -4.13. The van der Waals surface area contributed by atoms with Gasteiger partial charge in [-0.05, 0) is 11.6 Å². The van der Waals surface area contributed by atoms with E-state index in [-0.39, 0.29) is 34.5 Å². The summed E-state index contributed by atoms with van der Waals surface area (Å²) in [6, 6.07) is 14.8. The van der Waals surface area contributed by atoms with Gasteiger partial charge in [0.05, 0.1) is 13.5 Å². The van der Waals surface area contributed by atoms with E-state index < -0.39 is 23.1 Å². The Balaban J connectivity index is 2.04. The van der Waals surface area contributed by atoms with Gasteiger partial charge < -0.3 is 19.4 Å². The van der Waals surface area contributed by atoms with Crippen LogP contribution >= 0.6 is 0 Å². The number of esters is 1. The third-order valence-corrected chi connectivity index (χ3v) is 5.09. The molecule has 0 bridgehead atoms. The van der Waals surface area contributed by atoms with Gasteiger partial charge >= 0.3 is 5.97 Å². The number of aromatic nitrogens is 1. The number of phenolic OH excluding ortho intramolecular Hbond substituents is 2. The third-order valence-electron chi connectivity index (χ3n) is 5.09. The molecule has 0 saturated carbocycles. The molecule has 156 valence electrons. The molecule has 4 rings (SSSR count). The zero-order valence-corrected chi connectivity index (χ0v) is 16.6. The largest absolute Gasteiger partial charge is 0.507 e. The standard InChI is InChI=1S/C24H19NO6/c1-30-21(29)10-16(15-8-5-9-25-13-15)22-17(26)11-18(27)23-19(28)12-20(31-24(22)23)14-6-3-2-4-7-14/h2-9,11-13,16,26-27H,10H2,1H3. The number of benzene rings is 2. The number of hydrogen-bond donors (Lipinski definition) is 2.